The van der Waals surface area contributed by atoms with E-state index in [0.29, 0.717) is 12.5 Å². The minimum absolute atomic E-state index is 0. The van der Waals surface area contributed by atoms with Crippen LogP contribution in [-0.2, 0) is 9.53 Å². The van der Waals surface area contributed by atoms with Gasteiger partial charge in [-0.15, -0.1) is 24.2 Å². The van der Waals surface area contributed by atoms with E-state index in [1.165, 1.54) is 12.8 Å². The van der Waals surface area contributed by atoms with Crippen LogP contribution in [0.15, 0.2) is 0 Å². The second-order valence-corrected chi connectivity index (χ2v) is 5.21. The van der Waals surface area contributed by atoms with E-state index >= 15 is 0 Å². The van der Waals surface area contributed by atoms with E-state index in [2.05, 4.69) is 10.6 Å². The molecule has 2 fully saturated rings. The van der Waals surface area contributed by atoms with Crippen molar-refractivity contribution in [3.63, 3.8) is 0 Å². The number of nitrogens with one attached hydrogen (secondary N) is 2. The zero-order chi connectivity index (χ0) is 10.7. The van der Waals surface area contributed by atoms with Crippen molar-refractivity contribution in [1.82, 2.24) is 10.6 Å². The molecule has 0 radical (unpaired) electrons. The Morgan fingerprint density at radius 1 is 1.62 bits per heavy atom. The summed E-state index contributed by atoms with van der Waals surface area (Å²) in [6.07, 6.45) is 2.45. The average molecular weight is 267 g/mol. The number of halogens is 1. The molecule has 94 valence electrons. The van der Waals surface area contributed by atoms with Gasteiger partial charge in [0.05, 0.1) is 18.7 Å². The van der Waals surface area contributed by atoms with E-state index in [1.54, 1.807) is 18.9 Å². The summed E-state index contributed by atoms with van der Waals surface area (Å²) < 4.78 is 5.13. The zero-order valence-corrected chi connectivity index (χ0v) is 11.0. The van der Waals surface area contributed by atoms with Gasteiger partial charge in [-0.3, -0.25) is 10.1 Å². The fourth-order valence-electron chi connectivity index (χ4n) is 1.82. The van der Waals surface area contributed by atoms with Gasteiger partial charge in [-0.2, -0.15) is 0 Å². The van der Waals surface area contributed by atoms with E-state index < -0.39 is 0 Å². The Bertz CT molecular complexity index is 233. The van der Waals surface area contributed by atoms with Crippen molar-refractivity contribution in [3.05, 3.63) is 0 Å². The molecular weight excluding hydrogens is 248 g/mol. The molecule has 0 aromatic heterocycles. The predicted molar refractivity (Wildman–Crippen MR) is 68.0 cm³/mol. The van der Waals surface area contributed by atoms with Crippen LogP contribution < -0.4 is 10.6 Å². The van der Waals surface area contributed by atoms with Crippen molar-refractivity contribution >= 4 is 30.1 Å². The second kappa shape index (κ2) is 6.69. The van der Waals surface area contributed by atoms with Gasteiger partial charge in [0.15, 0.2) is 0 Å². The van der Waals surface area contributed by atoms with Gasteiger partial charge in [-0.25, -0.2) is 0 Å². The number of amides is 1. The van der Waals surface area contributed by atoms with Gasteiger partial charge in [-0.05, 0) is 18.8 Å². The van der Waals surface area contributed by atoms with E-state index in [9.17, 15) is 4.79 Å². The van der Waals surface area contributed by atoms with Crippen LogP contribution in [0.25, 0.3) is 0 Å². The molecule has 2 rings (SSSR count). The first-order chi connectivity index (χ1) is 7.31. The van der Waals surface area contributed by atoms with Crippen molar-refractivity contribution in [3.8, 4) is 0 Å². The van der Waals surface area contributed by atoms with Gasteiger partial charge >= 0.3 is 0 Å². The number of methoxy groups -OCH3 is 1. The summed E-state index contributed by atoms with van der Waals surface area (Å²) >= 11 is 1.77. The van der Waals surface area contributed by atoms with Gasteiger partial charge in [0.1, 0.15) is 0 Å². The Balaban J connectivity index is 0.00000128. The molecule has 0 bridgehead atoms. The number of ether oxygens (including phenoxy) is 1. The first-order valence-electron chi connectivity index (χ1n) is 5.41. The van der Waals surface area contributed by atoms with Crippen LogP contribution >= 0.6 is 24.2 Å². The first kappa shape index (κ1) is 14.1. The molecular formula is C10H19ClN2O2S. The molecule has 1 aliphatic heterocycles. The zero-order valence-electron chi connectivity index (χ0n) is 9.40. The Kier molecular flexibility index (Phi) is 5.89. The predicted octanol–water partition coefficient (Wildman–Crippen LogP) is 0.612. The third-order valence-corrected chi connectivity index (χ3v) is 3.84. The highest BCUT2D eigenvalue weighted by atomic mass is 35.5. The van der Waals surface area contributed by atoms with E-state index in [1.807, 2.05) is 0 Å². The molecule has 2 N–H and O–H groups in total. The fraction of sp³-hybridized carbons (Fsp3) is 0.900. The molecule has 1 unspecified atom stereocenters. The number of thioether (sulfide) groups is 1. The summed E-state index contributed by atoms with van der Waals surface area (Å²) in [5.41, 5.74) is 0. The Labute approximate surface area is 107 Å². The number of rotatable bonds is 5. The van der Waals surface area contributed by atoms with Crippen LogP contribution in [0, 0.1) is 5.92 Å². The molecule has 1 saturated carbocycles. The van der Waals surface area contributed by atoms with Gasteiger partial charge in [-0.1, -0.05) is 0 Å². The minimum atomic E-state index is -0.00638. The molecule has 2 atom stereocenters. The maximum Gasteiger partial charge on any atom is 0.238 e. The van der Waals surface area contributed by atoms with Crippen molar-refractivity contribution in [2.24, 2.45) is 5.92 Å². The lowest BCUT2D eigenvalue weighted by molar-refractivity contribution is -0.123. The van der Waals surface area contributed by atoms with Crippen LogP contribution in [0.3, 0.4) is 0 Å². The highest BCUT2D eigenvalue weighted by Crippen LogP contribution is 2.32. The fourth-order valence-corrected chi connectivity index (χ4v) is 2.76. The topological polar surface area (TPSA) is 50.4 Å². The smallest absolute Gasteiger partial charge is 0.238 e. The highest BCUT2D eigenvalue weighted by molar-refractivity contribution is 7.99. The molecule has 1 aliphatic carbocycles. The maximum atomic E-state index is 11.8. The van der Waals surface area contributed by atoms with Crippen LogP contribution in [0.2, 0.25) is 0 Å². The van der Waals surface area contributed by atoms with E-state index in [-0.39, 0.29) is 30.4 Å². The third kappa shape index (κ3) is 3.80. The number of carbonyl (C=O) groups is 1. The second-order valence-electron chi connectivity index (χ2n) is 4.18. The maximum absolute atomic E-state index is 11.8. The minimum Gasteiger partial charge on any atom is -0.383 e. The summed E-state index contributed by atoms with van der Waals surface area (Å²) in [7, 11) is 1.69. The lowest BCUT2D eigenvalue weighted by Gasteiger charge is -2.19. The molecule has 6 heteroatoms. The summed E-state index contributed by atoms with van der Waals surface area (Å²) in [5, 5.41) is 6.26. The summed E-state index contributed by atoms with van der Waals surface area (Å²) in [5.74, 6) is 2.55. The third-order valence-electron chi connectivity index (χ3n) is 2.90. The average Bonchev–Trinajstić information content (AvgIpc) is 2.92. The van der Waals surface area contributed by atoms with Crippen molar-refractivity contribution < 1.29 is 9.53 Å². The highest BCUT2D eigenvalue weighted by Gasteiger charge is 2.34. The summed E-state index contributed by atoms with van der Waals surface area (Å²) in [6, 6.07) is 0.211. The molecule has 2 aliphatic rings. The van der Waals surface area contributed by atoms with Crippen molar-refractivity contribution in [2.75, 3.05) is 25.3 Å². The van der Waals surface area contributed by atoms with Crippen molar-refractivity contribution in [1.29, 1.82) is 0 Å². The Morgan fingerprint density at radius 3 is 2.88 bits per heavy atom. The molecule has 4 nitrogen and oxygen atoms in total. The standard InChI is InChI=1S/C10H18N2O2S.ClH/c1-14-4-8(7-2-3-7)12-10(13)9-5-15-6-11-9;/h7-9,11H,2-6H2,1H3,(H,12,13);1H/t8?,9-;/m1./s1. The Hall–Kier alpha value is 0.0300. The van der Waals surface area contributed by atoms with Crippen LogP contribution in [-0.4, -0.2) is 43.3 Å². The summed E-state index contributed by atoms with van der Waals surface area (Å²) in [4.78, 5) is 11.8. The van der Waals surface area contributed by atoms with E-state index in [4.69, 9.17) is 4.74 Å². The van der Waals surface area contributed by atoms with Gasteiger partial charge < -0.3 is 10.1 Å². The molecule has 1 heterocycles. The first-order valence-corrected chi connectivity index (χ1v) is 6.57. The number of carbonyl (C=O) groups excluding carboxylic acids is 1. The van der Waals surface area contributed by atoms with Gasteiger partial charge in [0.25, 0.3) is 0 Å². The lowest BCUT2D eigenvalue weighted by atomic mass is 10.2. The lowest BCUT2D eigenvalue weighted by Crippen LogP contribution is -2.48. The van der Waals surface area contributed by atoms with Gasteiger partial charge in [0.2, 0.25) is 5.91 Å². The van der Waals surface area contributed by atoms with Crippen LogP contribution in [0.4, 0.5) is 0 Å². The SMILES string of the molecule is COCC(NC(=O)[C@H]1CSCN1)C1CC1.Cl. The number of hydrogen-bond donors (Lipinski definition) is 2. The molecule has 0 spiro atoms. The van der Waals surface area contributed by atoms with Crippen molar-refractivity contribution in [2.45, 2.75) is 24.9 Å². The van der Waals surface area contributed by atoms with Gasteiger partial charge in [0, 0.05) is 18.7 Å². The van der Waals surface area contributed by atoms with E-state index in [0.717, 1.165) is 11.6 Å². The summed E-state index contributed by atoms with van der Waals surface area (Å²) in [6.45, 7) is 0.635. The quantitative estimate of drug-likeness (QED) is 0.766. The normalized spacial score (nSPS) is 25.9. The molecule has 16 heavy (non-hydrogen) atoms. The van der Waals surface area contributed by atoms with Crippen LogP contribution in [0.1, 0.15) is 12.8 Å². The molecule has 1 amide bonds. The molecule has 1 saturated heterocycles. The molecule has 0 aromatic rings. The number of hydrogen-bond acceptors (Lipinski definition) is 4. The molecule has 0 aromatic carbocycles. The monoisotopic (exact) mass is 266 g/mol. The largest absolute Gasteiger partial charge is 0.383 e. The van der Waals surface area contributed by atoms with Crippen LogP contribution in [0.5, 0.6) is 0 Å². The Morgan fingerprint density at radius 2 is 2.38 bits per heavy atom.